The Bertz CT molecular complexity index is 1350. The third kappa shape index (κ3) is 3.39. The number of nitrogens with zero attached hydrogens (tertiary/aromatic N) is 3. The van der Waals surface area contributed by atoms with Crippen LogP contribution in [0.3, 0.4) is 0 Å². The molecule has 2 aromatic heterocycles. The van der Waals surface area contributed by atoms with Crippen LogP contribution in [0, 0.1) is 10.1 Å². The van der Waals surface area contributed by atoms with E-state index in [1.165, 1.54) is 30.5 Å². The van der Waals surface area contributed by atoms with Crippen LogP contribution in [0.1, 0.15) is 5.69 Å². The van der Waals surface area contributed by atoms with Gasteiger partial charge in [0, 0.05) is 36.6 Å². The number of sulfone groups is 1. The van der Waals surface area contributed by atoms with Gasteiger partial charge in [0.1, 0.15) is 4.90 Å². The third-order valence-electron chi connectivity index (χ3n) is 4.83. The number of anilines is 1. The van der Waals surface area contributed by atoms with Crippen molar-refractivity contribution < 1.29 is 13.3 Å². The molecule has 0 saturated carbocycles. The van der Waals surface area contributed by atoms with Crippen molar-refractivity contribution in [1.82, 2.24) is 9.55 Å². The topological polar surface area (TPSA) is 107 Å². The average molecular weight is 422 g/mol. The summed E-state index contributed by atoms with van der Waals surface area (Å²) in [6.07, 6.45) is 3.19. The highest BCUT2D eigenvalue weighted by Gasteiger charge is 2.30. The molecule has 152 valence electrons. The summed E-state index contributed by atoms with van der Waals surface area (Å²) in [5.74, 6) is 0. The van der Waals surface area contributed by atoms with Crippen molar-refractivity contribution >= 4 is 32.1 Å². The summed E-state index contributed by atoms with van der Waals surface area (Å²) < 4.78 is 28.7. The Morgan fingerprint density at radius 3 is 2.53 bits per heavy atom. The maximum Gasteiger partial charge on any atom is 0.288 e. The fourth-order valence-corrected chi connectivity index (χ4v) is 5.02. The SMILES string of the molecule is CNc1ccc2c(S(=O)(=O)c3ccccc3[N+](=O)[O-])cn(Cc3ccccn3)c2c1. The largest absolute Gasteiger partial charge is 0.388 e. The second kappa shape index (κ2) is 7.60. The van der Waals surface area contributed by atoms with Crippen LogP contribution in [0.2, 0.25) is 0 Å². The molecule has 9 heteroatoms. The highest BCUT2D eigenvalue weighted by atomic mass is 32.2. The summed E-state index contributed by atoms with van der Waals surface area (Å²) in [5, 5.41) is 14.9. The first-order chi connectivity index (χ1) is 14.4. The molecule has 0 aliphatic heterocycles. The molecule has 4 aromatic rings. The van der Waals surface area contributed by atoms with Gasteiger partial charge in [-0.1, -0.05) is 18.2 Å². The molecule has 2 heterocycles. The predicted octanol–water partition coefficient (Wildman–Crippen LogP) is 3.87. The van der Waals surface area contributed by atoms with Crippen molar-refractivity contribution in [2.24, 2.45) is 0 Å². The first-order valence-corrected chi connectivity index (χ1v) is 10.6. The molecule has 0 aliphatic rings. The minimum Gasteiger partial charge on any atom is -0.388 e. The Morgan fingerprint density at radius 2 is 1.83 bits per heavy atom. The molecule has 0 radical (unpaired) electrons. The minimum absolute atomic E-state index is 0.0189. The normalized spacial score (nSPS) is 11.5. The molecule has 0 fully saturated rings. The monoisotopic (exact) mass is 422 g/mol. The van der Waals surface area contributed by atoms with Crippen LogP contribution in [0.5, 0.6) is 0 Å². The zero-order chi connectivity index (χ0) is 21.3. The Kier molecular flexibility index (Phi) is 4.96. The van der Waals surface area contributed by atoms with E-state index in [0.717, 1.165) is 11.4 Å². The van der Waals surface area contributed by atoms with Gasteiger partial charge < -0.3 is 9.88 Å². The van der Waals surface area contributed by atoms with Crippen LogP contribution in [-0.2, 0) is 16.4 Å². The smallest absolute Gasteiger partial charge is 0.288 e. The van der Waals surface area contributed by atoms with Gasteiger partial charge in [-0.15, -0.1) is 0 Å². The molecule has 1 N–H and O–H groups in total. The van der Waals surface area contributed by atoms with Gasteiger partial charge in [-0.05, 0) is 36.4 Å². The molecule has 0 spiro atoms. The Hall–Kier alpha value is -3.72. The molecule has 0 unspecified atom stereocenters. The van der Waals surface area contributed by atoms with E-state index < -0.39 is 20.4 Å². The number of benzene rings is 2. The second-order valence-electron chi connectivity index (χ2n) is 6.65. The number of hydrogen-bond acceptors (Lipinski definition) is 6. The standard InChI is InChI=1S/C21H18N4O4S/c1-22-15-9-10-17-19(12-15)24(13-16-6-4-5-11-23-16)14-21(17)30(28,29)20-8-3-2-7-18(20)25(26)27/h2-12,14,22H,13H2,1H3. The molecule has 2 aromatic carbocycles. The molecule has 0 aliphatic carbocycles. The van der Waals surface area contributed by atoms with Gasteiger partial charge in [0.25, 0.3) is 5.69 Å². The fourth-order valence-electron chi connectivity index (χ4n) is 3.38. The van der Waals surface area contributed by atoms with E-state index in [1.807, 2.05) is 18.2 Å². The number of hydrogen-bond donors (Lipinski definition) is 1. The number of rotatable bonds is 6. The summed E-state index contributed by atoms with van der Waals surface area (Å²) in [6, 6.07) is 16.2. The van der Waals surface area contributed by atoms with Gasteiger partial charge in [-0.25, -0.2) is 8.42 Å². The first-order valence-electron chi connectivity index (χ1n) is 9.11. The number of nitro groups is 1. The van der Waals surface area contributed by atoms with Crippen LogP contribution in [0.25, 0.3) is 10.9 Å². The molecule has 30 heavy (non-hydrogen) atoms. The maximum absolute atomic E-state index is 13.4. The number of pyridine rings is 1. The van der Waals surface area contributed by atoms with Crippen LogP contribution >= 0.6 is 0 Å². The summed E-state index contributed by atoms with van der Waals surface area (Å²) in [7, 11) is -2.36. The first kappa shape index (κ1) is 19.6. The van der Waals surface area contributed by atoms with Gasteiger partial charge in [0.15, 0.2) is 0 Å². The van der Waals surface area contributed by atoms with Gasteiger partial charge in [-0.3, -0.25) is 15.1 Å². The highest BCUT2D eigenvalue weighted by Crippen LogP contribution is 2.35. The number of aromatic nitrogens is 2. The minimum atomic E-state index is -4.14. The summed E-state index contributed by atoms with van der Waals surface area (Å²) in [5.41, 5.74) is 1.82. The maximum atomic E-state index is 13.4. The van der Waals surface area contributed by atoms with Crippen molar-refractivity contribution in [3.63, 3.8) is 0 Å². The van der Waals surface area contributed by atoms with E-state index in [9.17, 15) is 18.5 Å². The Labute approximate surface area is 172 Å². The molecule has 0 saturated heterocycles. The van der Waals surface area contributed by atoms with E-state index in [1.54, 1.807) is 36.0 Å². The van der Waals surface area contributed by atoms with Crippen LogP contribution in [-0.4, -0.2) is 29.9 Å². The van der Waals surface area contributed by atoms with Crippen molar-refractivity contribution in [2.45, 2.75) is 16.3 Å². The van der Waals surface area contributed by atoms with Crippen LogP contribution < -0.4 is 5.32 Å². The molecule has 8 nitrogen and oxygen atoms in total. The van der Waals surface area contributed by atoms with E-state index in [0.29, 0.717) is 17.4 Å². The van der Waals surface area contributed by atoms with E-state index in [4.69, 9.17) is 0 Å². The number of nitro benzene ring substituents is 1. The highest BCUT2D eigenvalue weighted by molar-refractivity contribution is 7.91. The summed E-state index contributed by atoms with van der Waals surface area (Å²) in [6.45, 7) is 0.358. The molecule has 4 rings (SSSR count). The lowest BCUT2D eigenvalue weighted by Gasteiger charge is -2.06. The summed E-state index contributed by atoms with van der Waals surface area (Å²) in [4.78, 5) is 14.7. The molecular weight excluding hydrogens is 404 g/mol. The Balaban J connectivity index is 1.94. The van der Waals surface area contributed by atoms with Crippen LogP contribution in [0.4, 0.5) is 11.4 Å². The Morgan fingerprint density at radius 1 is 1.07 bits per heavy atom. The summed E-state index contributed by atoms with van der Waals surface area (Å²) >= 11 is 0. The van der Waals surface area contributed by atoms with Crippen molar-refractivity contribution in [2.75, 3.05) is 12.4 Å². The van der Waals surface area contributed by atoms with Gasteiger partial charge in [-0.2, -0.15) is 0 Å². The van der Waals surface area contributed by atoms with Gasteiger partial charge >= 0.3 is 0 Å². The van der Waals surface area contributed by atoms with E-state index in [-0.39, 0.29) is 9.79 Å². The molecular formula is C21H18N4O4S. The van der Waals surface area contributed by atoms with Crippen LogP contribution in [0.15, 0.2) is 82.8 Å². The van der Waals surface area contributed by atoms with E-state index >= 15 is 0 Å². The third-order valence-corrected chi connectivity index (χ3v) is 6.66. The molecule has 0 amide bonds. The quantitative estimate of drug-likeness (QED) is 0.373. The fraction of sp³-hybridized carbons (Fsp3) is 0.0952. The van der Waals surface area contributed by atoms with Gasteiger partial charge in [0.05, 0.1) is 27.6 Å². The van der Waals surface area contributed by atoms with Crippen molar-refractivity contribution in [3.05, 3.63) is 88.9 Å². The number of nitrogens with one attached hydrogen (secondary N) is 1. The van der Waals surface area contributed by atoms with Gasteiger partial charge in [0.2, 0.25) is 9.84 Å². The number of para-hydroxylation sites is 1. The van der Waals surface area contributed by atoms with Crippen molar-refractivity contribution in [3.8, 4) is 0 Å². The number of fused-ring (bicyclic) bond motifs is 1. The lowest BCUT2D eigenvalue weighted by Crippen LogP contribution is -2.05. The zero-order valence-corrected chi connectivity index (χ0v) is 16.8. The molecule has 0 atom stereocenters. The average Bonchev–Trinajstić information content (AvgIpc) is 3.12. The lowest BCUT2D eigenvalue weighted by molar-refractivity contribution is -0.387. The zero-order valence-electron chi connectivity index (χ0n) is 16.0. The molecule has 0 bridgehead atoms. The van der Waals surface area contributed by atoms with Crippen molar-refractivity contribution in [1.29, 1.82) is 0 Å². The second-order valence-corrected chi connectivity index (χ2v) is 8.54. The lowest BCUT2D eigenvalue weighted by atomic mass is 10.2. The van der Waals surface area contributed by atoms with E-state index in [2.05, 4.69) is 10.3 Å². The predicted molar refractivity (Wildman–Crippen MR) is 113 cm³/mol.